The summed E-state index contributed by atoms with van der Waals surface area (Å²) >= 11 is 3.87. The zero-order valence-electron chi connectivity index (χ0n) is 19.4. The quantitative estimate of drug-likeness (QED) is 0.385. The Morgan fingerprint density at radius 3 is 2.45 bits per heavy atom. The minimum atomic E-state index is -0.127. The van der Waals surface area contributed by atoms with Crippen LogP contribution in [0.1, 0.15) is 55.8 Å². The molecule has 1 saturated carbocycles. The van der Waals surface area contributed by atoms with E-state index in [1.54, 1.807) is 0 Å². The van der Waals surface area contributed by atoms with E-state index in [-0.39, 0.29) is 12.2 Å². The first-order valence-corrected chi connectivity index (χ1v) is 12.5. The maximum atomic E-state index is 6.61. The fraction of sp³-hybridized carbons (Fsp3) is 0.462. The van der Waals surface area contributed by atoms with E-state index in [0.717, 1.165) is 45.3 Å². The molecule has 1 atom stereocenters. The van der Waals surface area contributed by atoms with Gasteiger partial charge in [0, 0.05) is 32.3 Å². The van der Waals surface area contributed by atoms with Crippen molar-refractivity contribution in [2.45, 2.75) is 50.7 Å². The molecule has 1 aliphatic carbocycles. The van der Waals surface area contributed by atoms with Crippen LogP contribution in [0.3, 0.4) is 0 Å². The van der Waals surface area contributed by atoms with E-state index in [1.807, 2.05) is 37.2 Å². The molecule has 33 heavy (non-hydrogen) atoms. The third-order valence-electron chi connectivity index (χ3n) is 6.32. The Morgan fingerprint density at radius 1 is 1.06 bits per heavy atom. The molecule has 0 amide bonds. The van der Waals surface area contributed by atoms with Gasteiger partial charge in [0.1, 0.15) is 23.5 Å². The fourth-order valence-corrected chi connectivity index (χ4v) is 5.02. The summed E-state index contributed by atoms with van der Waals surface area (Å²) in [6.07, 6.45) is 4.02. The second-order valence-corrected chi connectivity index (χ2v) is 9.90. The number of ether oxygens (including phenoxy) is 3. The molecule has 6 nitrogen and oxygen atoms in total. The molecule has 3 aromatic rings. The van der Waals surface area contributed by atoms with Gasteiger partial charge in [-0.25, -0.2) is 0 Å². The van der Waals surface area contributed by atoms with Gasteiger partial charge in [-0.05, 0) is 58.8 Å². The van der Waals surface area contributed by atoms with Gasteiger partial charge in [-0.2, -0.15) is 9.97 Å². The summed E-state index contributed by atoms with van der Waals surface area (Å²) in [7, 11) is 4.01. The largest absolute Gasteiger partial charge is 0.483 e. The van der Waals surface area contributed by atoms with E-state index in [0.29, 0.717) is 25.1 Å². The number of aromatic nitrogens is 2. The Morgan fingerprint density at radius 2 is 1.79 bits per heavy atom. The molecule has 1 aromatic heterocycles. The maximum absolute atomic E-state index is 6.61. The normalized spacial score (nSPS) is 17.7. The zero-order valence-corrected chi connectivity index (χ0v) is 21.0. The number of hydrogen-bond donors (Lipinski definition) is 0. The van der Waals surface area contributed by atoms with Crippen molar-refractivity contribution in [2.24, 2.45) is 0 Å². The molecule has 2 fully saturated rings. The topological polar surface area (TPSA) is 56.7 Å². The average molecular weight is 512 g/mol. The van der Waals surface area contributed by atoms with E-state index in [9.17, 15) is 0 Å². The number of fused-ring (bicyclic) bond motifs is 1. The first-order valence-electron chi connectivity index (χ1n) is 11.7. The predicted molar refractivity (Wildman–Crippen MR) is 133 cm³/mol. The second-order valence-electron chi connectivity index (χ2n) is 9.10. The lowest BCUT2D eigenvalue weighted by Gasteiger charge is -2.25. The number of halogens is 1. The van der Waals surface area contributed by atoms with Crippen molar-refractivity contribution < 1.29 is 14.2 Å². The van der Waals surface area contributed by atoms with Crippen LogP contribution in [0.5, 0.6) is 11.8 Å². The van der Waals surface area contributed by atoms with Crippen molar-refractivity contribution in [3.8, 4) is 11.8 Å². The van der Waals surface area contributed by atoms with Crippen LogP contribution in [0.25, 0.3) is 10.9 Å². The standard InChI is InChI=1S/C26H30BrN3O3/c1-16(17-7-5-4-6-8-17)32-24-22(27)20(18-9-10-18)15-21-23(24)28-26(29-25(21)30(2)3)33-19-11-13-31-14-12-19/h4-8,15-16,18-19H,9-14H2,1-3H3/t16-/m0/s1. The lowest BCUT2D eigenvalue weighted by molar-refractivity contribution is 0.0219. The molecule has 1 saturated heterocycles. The van der Waals surface area contributed by atoms with Crippen molar-refractivity contribution in [3.63, 3.8) is 0 Å². The predicted octanol–water partition coefficient (Wildman–Crippen LogP) is 6.03. The Kier molecular flexibility index (Phi) is 6.43. The summed E-state index contributed by atoms with van der Waals surface area (Å²) < 4.78 is 19.3. The maximum Gasteiger partial charge on any atom is 0.319 e. The average Bonchev–Trinajstić information content (AvgIpc) is 3.67. The second kappa shape index (κ2) is 9.47. The Balaban J connectivity index is 1.62. The first kappa shape index (κ1) is 22.4. The van der Waals surface area contributed by atoms with E-state index < -0.39 is 0 Å². The smallest absolute Gasteiger partial charge is 0.319 e. The molecule has 2 aromatic carbocycles. The van der Waals surface area contributed by atoms with E-state index in [2.05, 4.69) is 41.1 Å². The number of nitrogens with zero attached hydrogens (tertiary/aromatic N) is 3. The van der Waals surface area contributed by atoms with Crippen molar-refractivity contribution >= 4 is 32.7 Å². The summed E-state index contributed by atoms with van der Waals surface area (Å²) in [4.78, 5) is 11.7. The van der Waals surface area contributed by atoms with Gasteiger partial charge in [0.05, 0.1) is 17.7 Å². The summed E-state index contributed by atoms with van der Waals surface area (Å²) in [5, 5.41) is 0.986. The van der Waals surface area contributed by atoms with Crippen molar-refractivity contribution in [3.05, 3.63) is 52.0 Å². The highest BCUT2D eigenvalue weighted by atomic mass is 79.9. The first-order chi connectivity index (χ1) is 16.0. The SMILES string of the molecule is C[C@H](Oc1c(Br)c(C2CC2)cc2c(N(C)C)nc(OC3CCOCC3)nc12)c1ccccc1. The van der Waals surface area contributed by atoms with Crippen LogP contribution >= 0.6 is 15.9 Å². The number of benzene rings is 2. The van der Waals surface area contributed by atoms with Crippen molar-refractivity contribution in [1.29, 1.82) is 0 Å². The highest BCUT2D eigenvalue weighted by molar-refractivity contribution is 9.10. The van der Waals surface area contributed by atoms with Crippen LogP contribution in [0.2, 0.25) is 0 Å². The summed E-state index contributed by atoms with van der Waals surface area (Å²) in [6, 6.07) is 12.9. The molecule has 7 heteroatoms. The summed E-state index contributed by atoms with van der Waals surface area (Å²) in [5.74, 6) is 2.15. The van der Waals surface area contributed by atoms with Crippen LogP contribution in [0.15, 0.2) is 40.9 Å². The van der Waals surface area contributed by atoms with E-state index in [1.165, 1.54) is 18.4 Å². The molecule has 0 bridgehead atoms. The molecule has 0 spiro atoms. The van der Waals surface area contributed by atoms with Gasteiger partial charge in [-0.15, -0.1) is 0 Å². The van der Waals surface area contributed by atoms with Crippen LogP contribution in [0.4, 0.5) is 5.82 Å². The van der Waals surface area contributed by atoms with Gasteiger partial charge in [0.15, 0.2) is 5.75 Å². The van der Waals surface area contributed by atoms with Crippen LogP contribution in [0, 0.1) is 0 Å². The summed E-state index contributed by atoms with van der Waals surface area (Å²) in [6.45, 7) is 3.49. The van der Waals surface area contributed by atoms with Crippen molar-refractivity contribution in [1.82, 2.24) is 9.97 Å². The molecule has 0 unspecified atom stereocenters. The summed E-state index contributed by atoms with van der Waals surface area (Å²) in [5.41, 5.74) is 3.16. The molecule has 174 valence electrons. The molecular weight excluding hydrogens is 482 g/mol. The Hall–Kier alpha value is -2.38. The number of hydrogen-bond acceptors (Lipinski definition) is 6. The van der Waals surface area contributed by atoms with Gasteiger partial charge in [0.25, 0.3) is 0 Å². The van der Waals surface area contributed by atoms with Gasteiger partial charge in [0.2, 0.25) is 0 Å². The highest BCUT2D eigenvalue weighted by Gasteiger charge is 2.31. The van der Waals surface area contributed by atoms with Gasteiger partial charge >= 0.3 is 6.01 Å². The van der Waals surface area contributed by atoms with Gasteiger partial charge < -0.3 is 19.1 Å². The monoisotopic (exact) mass is 511 g/mol. The van der Waals surface area contributed by atoms with E-state index in [4.69, 9.17) is 24.2 Å². The number of anilines is 1. The molecule has 2 aliphatic rings. The zero-order chi connectivity index (χ0) is 22.9. The van der Waals surface area contributed by atoms with E-state index >= 15 is 0 Å². The number of rotatable bonds is 7. The van der Waals surface area contributed by atoms with Gasteiger partial charge in [-0.3, -0.25) is 0 Å². The highest BCUT2D eigenvalue weighted by Crippen LogP contribution is 2.50. The minimum Gasteiger partial charge on any atom is -0.483 e. The van der Waals surface area contributed by atoms with Crippen LogP contribution in [-0.2, 0) is 4.74 Å². The molecule has 0 N–H and O–H groups in total. The lowest BCUT2D eigenvalue weighted by atomic mass is 10.1. The Bertz CT molecular complexity index is 1130. The third-order valence-corrected chi connectivity index (χ3v) is 7.14. The molecule has 2 heterocycles. The third kappa shape index (κ3) is 4.80. The molecule has 0 radical (unpaired) electrons. The van der Waals surface area contributed by atoms with Crippen molar-refractivity contribution in [2.75, 3.05) is 32.2 Å². The molecular formula is C26H30BrN3O3. The fourth-order valence-electron chi connectivity index (χ4n) is 4.30. The van der Waals surface area contributed by atoms with Crippen LogP contribution in [-0.4, -0.2) is 43.4 Å². The molecule has 5 rings (SSSR count). The lowest BCUT2D eigenvalue weighted by Crippen LogP contribution is -2.27. The Labute approximate surface area is 203 Å². The minimum absolute atomic E-state index is 0.0630. The molecule has 1 aliphatic heterocycles. The van der Waals surface area contributed by atoms with Crippen LogP contribution < -0.4 is 14.4 Å². The van der Waals surface area contributed by atoms with Gasteiger partial charge in [-0.1, -0.05) is 30.3 Å².